The van der Waals surface area contributed by atoms with E-state index in [2.05, 4.69) is 54.8 Å². The van der Waals surface area contributed by atoms with Gasteiger partial charge in [0.1, 0.15) is 0 Å². The van der Waals surface area contributed by atoms with E-state index >= 15 is 0 Å². The highest BCUT2D eigenvalue weighted by Gasteiger charge is 2.04. The summed E-state index contributed by atoms with van der Waals surface area (Å²) >= 11 is 0. The van der Waals surface area contributed by atoms with E-state index < -0.39 is 10.0 Å². The van der Waals surface area contributed by atoms with E-state index in [9.17, 15) is 8.42 Å². The van der Waals surface area contributed by atoms with Crippen molar-refractivity contribution >= 4 is 10.0 Å². The zero-order valence-corrected chi connectivity index (χ0v) is 13.7. The normalized spacial score (nSPS) is 12.3. The Hall–Kier alpha value is -0.910. The van der Waals surface area contributed by atoms with Crippen molar-refractivity contribution < 1.29 is 8.42 Å². The number of hydrogen-bond acceptors (Lipinski definition) is 3. The number of nitrogens with one attached hydrogen (secondary N) is 1. The van der Waals surface area contributed by atoms with Gasteiger partial charge in [-0.1, -0.05) is 38.1 Å². The first-order valence-corrected chi connectivity index (χ1v) is 8.89. The minimum absolute atomic E-state index is 0.495. The topological polar surface area (TPSA) is 49.4 Å². The summed E-state index contributed by atoms with van der Waals surface area (Å²) in [7, 11) is -1.01. The summed E-state index contributed by atoms with van der Waals surface area (Å²) in [5, 5.41) is 0. The highest BCUT2D eigenvalue weighted by Crippen LogP contribution is 2.15. The SMILES string of the molecule is CC(C)c1ccc(CN(C)CCCNS(C)(=O)=O)cc1. The molecule has 1 aromatic rings. The summed E-state index contributed by atoms with van der Waals surface area (Å²) < 4.78 is 24.4. The third-order valence-corrected chi connectivity index (χ3v) is 3.91. The molecule has 1 N–H and O–H groups in total. The van der Waals surface area contributed by atoms with Crippen molar-refractivity contribution in [1.82, 2.24) is 9.62 Å². The molecular formula is C15H26N2O2S. The molecule has 0 amide bonds. The first kappa shape index (κ1) is 17.1. The summed E-state index contributed by atoms with van der Waals surface area (Å²) in [5.74, 6) is 0.559. The molecule has 0 bridgehead atoms. The van der Waals surface area contributed by atoms with Crippen LogP contribution in [0.15, 0.2) is 24.3 Å². The Morgan fingerprint density at radius 3 is 2.30 bits per heavy atom. The van der Waals surface area contributed by atoms with Crippen LogP contribution in [0, 0.1) is 0 Å². The number of rotatable bonds is 8. The summed E-state index contributed by atoms with van der Waals surface area (Å²) in [6.07, 6.45) is 2.00. The van der Waals surface area contributed by atoms with Crippen LogP contribution in [0.3, 0.4) is 0 Å². The van der Waals surface area contributed by atoms with E-state index in [4.69, 9.17) is 0 Å². The van der Waals surface area contributed by atoms with Gasteiger partial charge in [-0.3, -0.25) is 0 Å². The largest absolute Gasteiger partial charge is 0.302 e. The lowest BCUT2D eigenvalue weighted by Crippen LogP contribution is -2.27. The van der Waals surface area contributed by atoms with Gasteiger partial charge in [-0.05, 0) is 37.1 Å². The minimum atomic E-state index is -3.06. The van der Waals surface area contributed by atoms with Crippen LogP contribution >= 0.6 is 0 Å². The second-order valence-electron chi connectivity index (χ2n) is 5.65. The third kappa shape index (κ3) is 7.03. The van der Waals surface area contributed by atoms with Gasteiger partial charge in [0.05, 0.1) is 6.26 Å². The lowest BCUT2D eigenvalue weighted by atomic mass is 10.0. The van der Waals surface area contributed by atoms with Crippen molar-refractivity contribution in [3.05, 3.63) is 35.4 Å². The van der Waals surface area contributed by atoms with Gasteiger partial charge in [0, 0.05) is 13.1 Å². The summed E-state index contributed by atoms with van der Waals surface area (Å²) in [6.45, 7) is 6.63. The molecule has 1 aromatic carbocycles. The van der Waals surface area contributed by atoms with E-state index in [1.165, 1.54) is 17.4 Å². The average molecular weight is 298 g/mol. The highest BCUT2D eigenvalue weighted by molar-refractivity contribution is 7.88. The second-order valence-corrected chi connectivity index (χ2v) is 7.49. The van der Waals surface area contributed by atoms with Gasteiger partial charge in [-0.15, -0.1) is 0 Å². The Kier molecular flexibility index (Phi) is 6.65. The highest BCUT2D eigenvalue weighted by atomic mass is 32.2. The monoisotopic (exact) mass is 298 g/mol. The van der Waals surface area contributed by atoms with Crippen molar-refractivity contribution in [3.63, 3.8) is 0 Å². The zero-order valence-electron chi connectivity index (χ0n) is 12.9. The Bertz CT molecular complexity index is 495. The minimum Gasteiger partial charge on any atom is -0.302 e. The van der Waals surface area contributed by atoms with Crippen LogP contribution in [0.1, 0.15) is 37.3 Å². The molecule has 1 rings (SSSR count). The first-order chi connectivity index (χ1) is 9.28. The lowest BCUT2D eigenvalue weighted by Gasteiger charge is -2.17. The molecule has 0 aromatic heterocycles. The molecule has 0 saturated carbocycles. The van der Waals surface area contributed by atoms with Crippen LogP contribution in [0.25, 0.3) is 0 Å². The summed E-state index contributed by atoms with van der Waals surface area (Å²) in [5.41, 5.74) is 2.64. The molecular weight excluding hydrogens is 272 g/mol. The van der Waals surface area contributed by atoms with Crippen LogP contribution in [-0.4, -0.2) is 39.7 Å². The molecule has 20 heavy (non-hydrogen) atoms. The van der Waals surface area contributed by atoms with Gasteiger partial charge in [0.2, 0.25) is 10.0 Å². The van der Waals surface area contributed by atoms with E-state index in [-0.39, 0.29) is 0 Å². The lowest BCUT2D eigenvalue weighted by molar-refractivity contribution is 0.322. The average Bonchev–Trinajstić information content (AvgIpc) is 2.34. The number of benzene rings is 1. The number of sulfonamides is 1. The van der Waals surface area contributed by atoms with Crippen LogP contribution in [-0.2, 0) is 16.6 Å². The maximum absolute atomic E-state index is 10.9. The standard InChI is InChI=1S/C15H26N2O2S/c1-13(2)15-8-6-14(7-9-15)12-17(3)11-5-10-16-20(4,18)19/h6-9,13,16H,5,10-12H2,1-4H3. The van der Waals surface area contributed by atoms with E-state index in [1.54, 1.807) is 0 Å². The molecule has 0 unspecified atom stereocenters. The maximum atomic E-state index is 10.9. The van der Waals surface area contributed by atoms with E-state index in [1.807, 2.05) is 0 Å². The molecule has 0 aliphatic rings. The van der Waals surface area contributed by atoms with Crippen molar-refractivity contribution in [2.24, 2.45) is 0 Å². The van der Waals surface area contributed by atoms with Gasteiger partial charge in [0.15, 0.2) is 0 Å². The molecule has 0 heterocycles. The van der Waals surface area contributed by atoms with Gasteiger partial charge in [0.25, 0.3) is 0 Å². The molecule has 0 spiro atoms. The fourth-order valence-electron chi connectivity index (χ4n) is 2.01. The van der Waals surface area contributed by atoms with Gasteiger partial charge >= 0.3 is 0 Å². The molecule has 0 aliphatic heterocycles. The van der Waals surface area contributed by atoms with Crippen molar-refractivity contribution in [1.29, 1.82) is 0 Å². The van der Waals surface area contributed by atoms with E-state index in [0.717, 1.165) is 19.5 Å². The van der Waals surface area contributed by atoms with E-state index in [0.29, 0.717) is 12.5 Å². The smallest absolute Gasteiger partial charge is 0.208 e. The Labute approximate surface area is 123 Å². The molecule has 0 aliphatic carbocycles. The van der Waals surface area contributed by atoms with Crippen LogP contribution in [0.4, 0.5) is 0 Å². The third-order valence-electron chi connectivity index (χ3n) is 3.18. The second kappa shape index (κ2) is 7.76. The van der Waals surface area contributed by atoms with Gasteiger partial charge in [-0.2, -0.15) is 0 Å². The predicted molar refractivity (Wildman–Crippen MR) is 84.3 cm³/mol. The summed E-state index contributed by atoms with van der Waals surface area (Å²) in [4.78, 5) is 2.20. The zero-order chi connectivity index (χ0) is 15.2. The molecule has 114 valence electrons. The molecule has 0 atom stereocenters. The van der Waals surface area contributed by atoms with Gasteiger partial charge < -0.3 is 4.90 Å². The maximum Gasteiger partial charge on any atom is 0.208 e. The van der Waals surface area contributed by atoms with Crippen LogP contribution in [0.5, 0.6) is 0 Å². The number of nitrogens with zero attached hydrogens (tertiary/aromatic N) is 1. The van der Waals surface area contributed by atoms with Crippen LogP contribution < -0.4 is 4.72 Å². The molecule has 0 saturated heterocycles. The van der Waals surface area contributed by atoms with Crippen LogP contribution in [0.2, 0.25) is 0 Å². The Balaban J connectivity index is 2.33. The number of hydrogen-bond donors (Lipinski definition) is 1. The Morgan fingerprint density at radius 1 is 1.20 bits per heavy atom. The fraction of sp³-hybridized carbons (Fsp3) is 0.600. The fourth-order valence-corrected chi connectivity index (χ4v) is 2.52. The molecule has 5 heteroatoms. The molecule has 4 nitrogen and oxygen atoms in total. The molecule has 0 radical (unpaired) electrons. The van der Waals surface area contributed by atoms with Crippen molar-refractivity contribution in [2.45, 2.75) is 32.7 Å². The van der Waals surface area contributed by atoms with Crippen molar-refractivity contribution in [3.8, 4) is 0 Å². The Morgan fingerprint density at radius 2 is 1.80 bits per heavy atom. The summed E-state index contributed by atoms with van der Waals surface area (Å²) in [6, 6.07) is 8.69. The van der Waals surface area contributed by atoms with Gasteiger partial charge in [-0.25, -0.2) is 13.1 Å². The predicted octanol–water partition coefficient (Wildman–Crippen LogP) is 2.18. The molecule has 0 fully saturated rings. The quantitative estimate of drug-likeness (QED) is 0.748. The first-order valence-electron chi connectivity index (χ1n) is 7.00. The van der Waals surface area contributed by atoms with Crippen molar-refractivity contribution in [2.75, 3.05) is 26.4 Å².